The van der Waals surface area contributed by atoms with Crippen molar-refractivity contribution < 1.29 is 22.7 Å². The van der Waals surface area contributed by atoms with E-state index in [2.05, 4.69) is 32.7 Å². The number of hydrogen-bond donors (Lipinski definition) is 3. The Balaban J connectivity index is 1.50. The fourth-order valence-electron chi connectivity index (χ4n) is 4.85. The summed E-state index contributed by atoms with van der Waals surface area (Å²) in [5.74, 6) is -0.0346. The summed E-state index contributed by atoms with van der Waals surface area (Å²) in [5.41, 5.74) is 2.24. The number of fused-ring (bicyclic) bond motifs is 1. The second-order valence-electron chi connectivity index (χ2n) is 12.3. The van der Waals surface area contributed by atoms with Crippen LogP contribution in [-0.4, -0.2) is 58.3 Å². The van der Waals surface area contributed by atoms with Gasteiger partial charge in [-0.05, 0) is 24.6 Å². The summed E-state index contributed by atoms with van der Waals surface area (Å²) in [5, 5.41) is 14.8. The molecule has 0 fully saturated rings. The van der Waals surface area contributed by atoms with Crippen molar-refractivity contribution >= 4 is 50.5 Å². The van der Waals surface area contributed by atoms with E-state index in [1.54, 1.807) is 18.2 Å². The number of H-pyrrole nitrogens is 1. The van der Waals surface area contributed by atoms with E-state index >= 15 is 0 Å². The van der Waals surface area contributed by atoms with Crippen molar-refractivity contribution in [1.29, 1.82) is 0 Å². The lowest BCUT2D eigenvalue weighted by Crippen LogP contribution is -2.21. The van der Waals surface area contributed by atoms with Crippen LogP contribution in [0.15, 0.2) is 18.2 Å². The molecule has 0 aliphatic heterocycles. The number of rotatable bonds is 17. The molecule has 11 nitrogen and oxygen atoms in total. The first-order valence-electron chi connectivity index (χ1n) is 15.5. The topological polar surface area (TPSA) is 148 Å². The van der Waals surface area contributed by atoms with Gasteiger partial charge in [-0.25, -0.2) is 13.2 Å². The number of nitrogens with zero attached hydrogens (tertiary/aromatic N) is 3. The molecule has 0 aliphatic rings. The highest BCUT2D eigenvalue weighted by molar-refractivity contribution is 7.91. The second kappa shape index (κ2) is 16.3. The molecular formula is C31H47ClN6O5S. The van der Waals surface area contributed by atoms with Gasteiger partial charge < -0.3 is 15.0 Å². The van der Waals surface area contributed by atoms with Crippen LogP contribution < -0.4 is 10.6 Å². The average molecular weight is 651 g/mol. The Kier molecular flexibility index (Phi) is 13.1. The Hall–Kier alpha value is -3.12. The summed E-state index contributed by atoms with van der Waals surface area (Å²) < 4.78 is 31.3. The number of sulfone groups is 1. The molecular weight excluding hydrogens is 604 g/mol. The van der Waals surface area contributed by atoms with Gasteiger partial charge in [0.25, 0.3) is 0 Å². The van der Waals surface area contributed by atoms with Crippen molar-refractivity contribution in [2.75, 3.05) is 28.7 Å². The number of aromatic nitrogens is 4. The number of carbonyl (C=O) groups excluding carboxylic acids is 2. The van der Waals surface area contributed by atoms with Crippen LogP contribution in [0.4, 0.5) is 16.2 Å². The molecule has 0 unspecified atom stereocenters. The average Bonchev–Trinajstić information content (AvgIpc) is 3.48. The van der Waals surface area contributed by atoms with E-state index < -0.39 is 15.9 Å². The molecule has 0 bridgehead atoms. The fourth-order valence-corrected chi connectivity index (χ4v) is 6.48. The van der Waals surface area contributed by atoms with Gasteiger partial charge in [-0.3, -0.25) is 10.1 Å². The molecule has 2 aromatic heterocycles. The highest BCUT2D eigenvalue weighted by atomic mass is 35.5. The quantitative estimate of drug-likeness (QED) is 0.128. The van der Waals surface area contributed by atoms with E-state index in [1.165, 1.54) is 50.1 Å². The lowest BCUT2D eigenvalue weighted by Gasteiger charge is -2.15. The van der Waals surface area contributed by atoms with Gasteiger partial charge in [-0.2, -0.15) is 5.10 Å². The number of nitrogens with one attached hydrogen (secondary N) is 3. The van der Waals surface area contributed by atoms with E-state index in [9.17, 15) is 18.0 Å². The third-order valence-corrected chi connectivity index (χ3v) is 9.28. The van der Waals surface area contributed by atoms with Crippen LogP contribution >= 0.6 is 11.6 Å². The molecule has 244 valence electrons. The van der Waals surface area contributed by atoms with Gasteiger partial charge >= 0.3 is 6.09 Å². The maximum atomic E-state index is 12.4. The smallest absolute Gasteiger partial charge is 0.411 e. The largest absolute Gasteiger partial charge is 0.448 e. The number of unbranched alkanes of at least 4 members (excludes halogenated alkanes) is 9. The zero-order chi connectivity index (χ0) is 32.3. The molecule has 0 atom stereocenters. The number of anilines is 2. The van der Waals surface area contributed by atoms with Gasteiger partial charge in [0.1, 0.15) is 11.6 Å². The Labute approximate surface area is 265 Å². The molecule has 3 aromatic rings. The molecule has 2 heterocycles. The first kappa shape index (κ1) is 35.4. The molecule has 13 heteroatoms. The molecule has 44 heavy (non-hydrogen) atoms. The lowest BCUT2D eigenvalue weighted by atomic mass is 9.92. The third kappa shape index (κ3) is 10.8. The summed E-state index contributed by atoms with van der Waals surface area (Å²) in [7, 11) is -3.31. The number of hydrogen-bond acceptors (Lipinski definition) is 7. The minimum atomic E-state index is -3.31. The summed E-state index contributed by atoms with van der Waals surface area (Å²) in [6.07, 6.45) is 10.5. The molecule has 0 aliphatic carbocycles. The summed E-state index contributed by atoms with van der Waals surface area (Å²) in [6, 6.07) is 4.86. The van der Waals surface area contributed by atoms with Gasteiger partial charge in [0.15, 0.2) is 21.3 Å². The SMILES string of the molecule is CCCCCCCCCCCCS(=O)(=O)CCOC(=O)Nc1ccc(-c2nn3nc(C(C)(C)C)c(Cl)c3[nH]2)c(NC(C)=O)c1. The van der Waals surface area contributed by atoms with Gasteiger partial charge in [0, 0.05) is 23.6 Å². The predicted octanol–water partition coefficient (Wildman–Crippen LogP) is 7.52. The lowest BCUT2D eigenvalue weighted by molar-refractivity contribution is -0.114. The second-order valence-corrected chi connectivity index (χ2v) is 14.9. The molecule has 0 radical (unpaired) electrons. The van der Waals surface area contributed by atoms with Crippen LogP contribution in [0.1, 0.15) is 105 Å². The van der Waals surface area contributed by atoms with E-state index in [1.807, 2.05) is 20.8 Å². The Morgan fingerprint density at radius 2 is 1.59 bits per heavy atom. The maximum absolute atomic E-state index is 12.4. The van der Waals surface area contributed by atoms with Crippen molar-refractivity contribution in [1.82, 2.24) is 19.8 Å². The highest BCUT2D eigenvalue weighted by Crippen LogP contribution is 2.34. The van der Waals surface area contributed by atoms with E-state index in [4.69, 9.17) is 16.3 Å². The maximum Gasteiger partial charge on any atom is 0.411 e. The first-order chi connectivity index (χ1) is 20.8. The van der Waals surface area contributed by atoms with Crippen molar-refractivity contribution in [3.8, 4) is 11.4 Å². The molecule has 1 aromatic carbocycles. The molecule has 3 rings (SSSR count). The van der Waals surface area contributed by atoms with Gasteiger partial charge in [-0.15, -0.1) is 9.73 Å². The predicted molar refractivity (Wildman–Crippen MR) is 176 cm³/mol. The number of aromatic amines is 1. The molecule has 0 spiro atoms. The minimum Gasteiger partial charge on any atom is -0.448 e. The van der Waals surface area contributed by atoms with Crippen LogP contribution in [0.5, 0.6) is 0 Å². The van der Waals surface area contributed by atoms with Crippen molar-refractivity contribution in [3.05, 3.63) is 28.9 Å². The number of amides is 2. The van der Waals surface area contributed by atoms with Crippen LogP contribution in [-0.2, 0) is 24.8 Å². The van der Waals surface area contributed by atoms with Crippen LogP contribution in [0.2, 0.25) is 5.02 Å². The zero-order valence-corrected chi connectivity index (χ0v) is 28.2. The van der Waals surface area contributed by atoms with Crippen molar-refractivity contribution in [2.24, 2.45) is 0 Å². The summed E-state index contributed by atoms with van der Waals surface area (Å²) >= 11 is 6.56. The molecule has 2 amide bonds. The molecule has 0 saturated heterocycles. The minimum absolute atomic E-state index is 0.0936. The Morgan fingerprint density at radius 3 is 2.18 bits per heavy atom. The Bertz CT molecular complexity index is 1510. The van der Waals surface area contributed by atoms with E-state index in [0.717, 1.165) is 19.3 Å². The Morgan fingerprint density at radius 1 is 0.955 bits per heavy atom. The summed E-state index contributed by atoms with van der Waals surface area (Å²) in [4.78, 5) is 27.5. The summed E-state index contributed by atoms with van der Waals surface area (Å²) in [6.45, 7) is 9.35. The molecule has 0 saturated carbocycles. The highest BCUT2D eigenvalue weighted by Gasteiger charge is 2.26. The monoisotopic (exact) mass is 650 g/mol. The molecule has 3 N–H and O–H groups in total. The van der Waals surface area contributed by atoms with Crippen LogP contribution in [0, 0.1) is 0 Å². The third-order valence-electron chi connectivity index (χ3n) is 7.22. The van der Waals surface area contributed by atoms with Gasteiger partial charge in [0.05, 0.1) is 22.9 Å². The first-order valence-corrected chi connectivity index (χ1v) is 17.7. The van der Waals surface area contributed by atoms with Gasteiger partial charge in [-0.1, -0.05) is 97.1 Å². The fraction of sp³-hybridized carbons (Fsp3) is 0.613. The van der Waals surface area contributed by atoms with Crippen molar-refractivity contribution in [2.45, 2.75) is 104 Å². The van der Waals surface area contributed by atoms with Gasteiger partial charge in [0.2, 0.25) is 5.91 Å². The van der Waals surface area contributed by atoms with E-state index in [-0.39, 0.29) is 29.4 Å². The normalized spacial score (nSPS) is 12.0. The number of benzene rings is 1. The van der Waals surface area contributed by atoms with E-state index in [0.29, 0.717) is 45.5 Å². The number of carbonyl (C=O) groups is 2. The van der Waals surface area contributed by atoms with Crippen LogP contribution in [0.3, 0.4) is 0 Å². The zero-order valence-electron chi connectivity index (χ0n) is 26.6. The van der Waals surface area contributed by atoms with Crippen molar-refractivity contribution in [3.63, 3.8) is 0 Å². The standard InChI is InChI=1S/C31H47ClN6O5S/c1-6-7-8-9-10-11-12-13-14-15-19-44(41,42)20-18-43-30(40)34-23-16-17-24(25(21-23)33-22(2)39)28-35-29-26(32)27(31(3,4)5)36-38(29)37-28/h16-17,21H,6-15,18-20H2,1-5H3,(H,33,39)(H,34,40)(H,35,37). The van der Waals surface area contributed by atoms with Crippen LogP contribution in [0.25, 0.3) is 17.0 Å². The number of ether oxygens (including phenoxy) is 1. The number of halogens is 1.